The molecule has 25 heavy (non-hydrogen) atoms. The van der Waals surface area contributed by atoms with Gasteiger partial charge < -0.3 is 5.32 Å². The molecule has 0 aliphatic rings. The van der Waals surface area contributed by atoms with Crippen LogP contribution < -0.4 is 5.32 Å². The van der Waals surface area contributed by atoms with Crippen LogP contribution in [0.15, 0.2) is 66.9 Å². The van der Waals surface area contributed by atoms with Gasteiger partial charge in [-0.15, -0.1) is 0 Å². The van der Waals surface area contributed by atoms with Gasteiger partial charge in [-0.1, -0.05) is 35.9 Å². The maximum absolute atomic E-state index is 13.5. The van der Waals surface area contributed by atoms with Crippen LogP contribution in [0.25, 0.3) is 0 Å². The summed E-state index contributed by atoms with van der Waals surface area (Å²) in [5, 5.41) is 2.98. The molecule has 0 aliphatic heterocycles. The predicted molar refractivity (Wildman–Crippen MR) is 104 cm³/mol. The minimum absolute atomic E-state index is 0.314. The van der Waals surface area contributed by atoms with Crippen molar-refractivity contribution in [2.75, 3.05) is 0 Å². The third-order valence-electron chi connectivity index (χ3n) is 3.84. The van der Waals surface area contributed by atoms with E-state index in [9.17, 15) is 9.18 Å². The molecule has 1 atom stereocenters. The first kappa shape index (κ1) is 17.5. The maximum atomic E-state index is 13.5. The largest absolute Gasteiger partial charge is 0.340 e. The molecule has 2 aromatic carbocycles. The summed E-state index contributed by atoms with van der Waals surface area (Å²) in [7, 11) is 0. The van der Waals surface area contributed by atoms with Crippen molar-refractivity contribution >= 4 is 28.5 Å². The van der Waals surface area contributed by atoms with Gasteiger partial charge in [0, 0.05) is 9.77 Å². The molecule has 0 aliphatic carbocycles. The van der Waals surface area contributed by atoms with E-state index in [0.29, 0.717) is 9.13 Å². The molecule has 0 saturated carbocycles. The number of pyridine rings is 1. The fourth-order valence-corrected chi connectivity index (χ4v) is 3.09. The molecule has 3 rings (SSSR count). The minimum Gasteiger partial charge on any atom is -0.340 e. The molecule has 3 aromatic rings. The number of nitrogens with one attached hydrogen (secondary N) is 1. The molecule has 3 nitrogen and oxygen atoms in total. The highest BCUT2D eigenvalue weighted by atomic mass is 127. The quantitative estimate of drug-likeness (QED) is 0.593. The molecule has 0 saturated heterocycles. The number of nitrogens with zero attached hydrogens (tertiary/aromatic N) is 1. The SMILES string of the molecule is Cc1ccc([C@@H](NC(=O)c2cc(F)ccc2I)c2ccccn2)cc1. The first-order valence-electron chi connectivity index (χ1n) is 7.78. The van der Waals surface area contributed by atoms with Crippen LogP contribution in [0.5, 0.6) is 0 Å². The Morgan fingerprint density at radius 1 is 1.12 bits per heavy atom. The van der Waals surface area contributed by atoms with E-state index in [4.69, 9.17) is 0 Å². The Bertz CT molecular complexity index is 882. The van der Waals surface area contributed by atoms with E-state index < -0.39 is 11.9 Å². The smallest absolute Gasteiger partial charge is 0.253 e. The average Bonchev–Trinajstić information content (AvgIpc) is 2.63. The number of hydrogen-bond donors (Lipinski definition) is 1. The Hall–Kier alpha value is -2.28. The van der Waals surface area contributed by atoms with E-state index in [1.807, 2.05) is 72.0 Å². The second-order valence-corrected chi connectivity index (χ2v) is 6.86. The molecule has 1 N–H and O–H groups in total. The Morgan fingerprint density at radius 2 is 1.88 bits per heavy atom. The summed E-state index contributed by atoms with van der Waals surface area (Å²) >= 11 is 2.03. The van der Waals surface area contributed by atoms with Crippen molar-refractivity contribution in [1.82, 2.24) is 10.3 Å². The zero-order chi connectivity index (χ0) is 17.8. The van der Waals surface area contributed by atoms with Gasteiger partial charge in [-0.25, -0.2) is 4.39 Å². The van der Waals surface area contributed by atoms with Crippen molar-refractivity contribution in [1.29, 1.82) is 0 Å². The van der Waals surface area contributed by atoms with Gasteiger partial charge in [-0.3, -0.25) is 9.78 Å². The van der Waals surface area contributed by atoms with E-state index in [1.165, 1.54) is 12.1 Å². The monoisotopic (exact) mass is 446 g/mol. The highest BCUT2D eigenvalue weighted by Gasteiger charge is 2.20. The molecule has 5 heteroatoms. The van der Waals surface area contributed by atoms with Crippen molar-refractivity contribution in [2.45, 2.75) is 13.0 Å². The van der Waals surface area contributed by atoms with Crippen LogP contribution in [0, 0.1) is 16.3 Å². The lowest BCUT2D eigenvalue weighted by atomic mass is 10.0. The molecule has 0 spiro atoms. The summed E-state index contributed by atoms with van der Waals surface area (Å²) in [4.78, 5) is 17.1. The number of benzene rings is 2. The maximum Gasteiger partial charge on any atom is 0.253 e. The van der Waals surface area contributed by atoms with Crippen molar-refractivity contribution in [3.63, 3.8) is 0 Å². The lowest BCUT2D eigenvalue weighted by Gasteiger charge is -2.19. The zero-order valence-corrected chi connectivity index (χ0v) is 15.7. The van der Waals surface area contributed by atoms with E-state index in [-0.39, 0.29) is 5.91 Å². The molecular weight excluding hydrogens is 430 g/mol. The molecular formula is C20H16FIN2O. The highest BCUT2D eigenvalue weighted by Crippen LogP contribution is 2.22. The van der Waals surface area contributed by atoms with Crippen LogP contribution in [0.3, 0.4) is 0 Å². The molecule has 0 fully saturated rings. The number of aromatic nitrogens is 1. The number of carbonyl (C=O) groups is 1. The van der Waals surface area contributed by atoms with Crippen LogP contribution in [-0.2, 0) is 0 Å². The van der Waals surface area contributed by atoms with Gasteiger partial charge in [0.05, 0.1) is 17.3 Å². The third-order valence-corrected chi connectivity index (χ3v) is 4.78. The van der Waals surface area contributed by atoms with Gasteiger partial charge in [0.15, 0.2) is 0 Å². The second kappa shape index (κ2) is 7.74. The molecule has 126 valence electrons. The zero-order valence-electron chi connectivity index (χ0n) is 13.5. The summed E-state index contributed by atoms with van der Waals surface area (Å²) in [6, 6.07) is 17.2. The van der Waals surface area contributed by atoms with E-state index in [1.54, 1.807) is 12.3 Å². The summed E-state index contributed by atoms with van der Waals surface area (Å²) in [5.74, 6) is -0.768. The van der Waals surface area contributed by atoms with Crippen LogP contribution in [0.1, 0.15) is 33.2 Å². The van der Waals surface area contributed by atoms with Crippen LogP contribution >= 0.6 is 22.6 Å². The molecule has 1 amide bonds. The third kappa shape index (κ3) is 4.22. The fourth-order valence-electron chi connectivity index (χ4n) is 2.51. The van der Waals surface area contributed by atoms with E-state index >= 15 is 0 Å². The lowest BCUT2D eigenvalue weighted by molar-refractivity contribution is 0.0941. The topological polar surface area (TPSA) is 42.0 Å². The fraction of sp³-hybridized carbons (Fsp3) is 0.100. The Morgan fingerprint density at radius 3 is 2.56 bits per heavy atom. The van der Waals surface area contributed by atoms with Crippen LogP contribution in [-0.4, -0.2) is 10.9 Å². The number of amides is 1. The average molecular weight is 446 g/mol. The lowest BCUT2D eigenvalue weighted by Crippen LogP contribution is -2.30. The van der Waals surface area contributed by atoms with Gasteiger partial charge in [0.1, 0.15) is 5.82 Å². The number of halogens is 2. The Labute approximate surface area is 159 Å². The number of rotatable bonds is 4. The number of carbonyl (C=O) groups excluding carboxylic acids is 1. The summed E-state index contributed by atoms with van der Waals surface area (Å²) in [6.45, 7) is 2.01. The van der Waals surface area contributed by atoms with Crippen molar-refractivity contribution in [2.24, 2.45) is 0 Å². The molecule has 1 heterocycles. The standard InChI is InChI=1S/C20H16FIN2O/c1-13-5-7-14(8-6-13)19(18-4-2-3-11-23-18)24-20(25)16-12-15(21)9-10-17(16)22/h2-12,19H,1H3,(H,24,25)/t19-/m1/s1. The van der Waals surface area contributed by atoms with Crippen LogP contribution in [0.4, 0.5) is 4.39 Å². The van der Waals surface area contributed by atoms with Gasteiger partial charge >= 0.3 is 0 Å². The summed E-state index contributed by atoms with van der Waals surface area (Å²) in [5.41, 5.74) is 3.10. The summed E-state index contributed by atoms with van der Waals surface area (Å²) in [6.07, 6.45) is 1.69. The highest BCUT2D eigenvalue weighted by molar-refractivity contribution is 14.1. The molecule has 0 radical (unpaired) electrons. The minimum atomic E-state index is -0.435. The van der Waals surface area contributed by atoms with Gasteiger partial charge in [-0.2, -0.15) is 0 Å². The normalized spacial score (nSPS) is 11.8. The van der Waals surface area contributed by atoms with Crippen molar-refractivity contribution in [3.05, 3.63) is 98.6 Å². The van der Waals surface area contributed by atoms with E-state index in [2.05, 4.69) is 10.3 Å². The van der Waals surface area contributed by atoms with Crippen molar-refractivity contribution < 1.29 is 9.18 Å². The van der Waals surface area contributed by atoms with E-state index in [0.717, 1.165) is 16.8 Å². The molecule has 1 aromatic heterocycles. The van der Waals surface area contributed by atoms with Gasteiger partial charge in [0.2, 0.25) is 0 Å². The van der Waals surface area contributed by atoms with Crippen LogP contribution in [0.2, 0.25) is 0 Å². The molecule has 0 unspecified atom stereocenters. The summed E-state index contributed by atoms with van der Waals surface area (Å²) < 4.78 is 14.2. The second-order valence-electron chi connectivity index (χ2n) is 5.70. The number of aryl methyl sites for hydroxylation is 1. The number of hydrogen-bond acceptors (Lipinski definition) is 2. The van der Waals surface area contributed by atoms with Crippen molar-refractivity contribution in [3.8, 4) is 0 Å². The predicted octanol–water partition coefficient (Wildman–Crippen LogP) is 4.65. The Kier molecular flexibility index (Phi) is 5.43. The first-order valence-corrected chi connectivity index (χ1v) is 8.86. The van der Waals surface area contributed by atoms with Gasteiger partial charge in [0.25, 0.3) is 5.91 Å². The van der Waals surface area contributed by atoms with Gasteiger partial charge in [-0.05, 0) is 65.4 Å². The Balaban J connectivity index is 1.96. The first-order chi connectivity index (χ1) is 12.0. The molecule has 0 bridgehead atoms.